The summed E-state index contributed by atoms with van der Waals surface area (Å²) in [5.74, 6) is 2.50. The molecular formula is C32H39ClN4O6Si. The molecule has 1 heterocycles. The molecule has 0 aliphatic rings. The third-order valence-electron chi connectivity index (χ3n) is 6.73. The first kappa shape index (κ1) is 33.0. The smallest absolute Gasteiger partial charge is 0.180 e. The second kappa shape index (κ2) is 15.7. The van der Waals surface area contributed by atoms with Crippen molar-refractivity contribution in [2.24, 2.45) is 0 Å². The second-order valence-electron chi connectivity index (χ2n) is 11.4. The molecule has 0 saturated heterocycles. The van der Waals surface area contributed by atoms with Crippen molar-refractivity contribution >= 4 is 25.5 Å². The van der Waals surface area contributed by atoms with Crippen LogP contribution in [0.15, 0.2) is 60.7 Å². The Morgan fingerprint density at radius 1 is 0.864 bits per heavy atom. The van der Waals surface area contributed by atoms with Gasteiger partial charge in [-0.15, -0.1) is 15.0 Å². The van der Waals surface area contributed by atoms with Gasteiger partial charge in [0, 0.05) is 33.1 Å². The van der Waals surface area contributed by atoms with Gasteiger partial charge in [0.25, 0.3) is 0 Å². The summed E-state index contributed by atoms with van der Waals surface area (Å²) < 4.78 is 28.4. The number of nitrogens with zero attached hydrogens (tertiary/aromatic N) is 4. The number of carbonyl (C=O) groups is 1. The first-order valence-corrected chi connectivity index (χ1v) is 18.5. The van der Waals surface area contributed by atoms with Crippen LogP contribution >= 0.6 is 11.6 Å². The molecular weight excluding hydrogens is 600 g/mol. The summed E-state index contributed by atoms with van der Waals surface area (Å²) in [4.78, 5) is 14.7. The molecule has 0 bridgehead atoms. The zero-order chi connectivity index (χ0) is 31.5. The number of halogens is 1. The Morgan fingerprint density at radius 2 is 1.48 bits per heavy atom. The normalized spacial score (nSPS) is 11.3. The van der Waals surface area contributed by atoms with E-state index in [1.165, 1.54) is 4.80 Å². The number of hydrogen-bond donors (Lipinski definition) is 0. The second-order valence-corrected chi connectivity index (χ2v) is 17.4. The molecule has 44 heavy (non-hydrogen) atoms. The fourth-order valence-corrected chi connectivity index (χ4v) is 5.15. The molecule has 0 amide bonds. The summed E-state index contributed by atoms with van der Waals surface area (Å²) in [6.07, 6.45) is 0.452. The van der Waals surface area contributed by atoms with E-state index in [0.29, 0.717) is 35.9 Å². The van der Waals surface area contributed by atoms with Crippen molar-refractivity contribution in [1.82, 2.24) is 20.2 Å². The summed E-state index contributed by atoms with van der Waals surface area (Å²) in [6, 6.07) is 19.5. The molecule has 0 saturated carbocycles. The van der Waals surface area contributed by atoms with Crippen LogP contribution in [0.2, 0.25) is 30.7 Å². The number of ether oxygens (including phenoxy) is 5. The molecule has 3 aromatic carbocycles. The Hall–Kier alpha value is -3.93. The van der Waals surface area contributed by atoms with E-state index < -0.39 is 8.07 Å². The van der Waals surface area contributed by atoms with Gasteiger partial charge < -0.3 is 23.7 Å². The molecule has 0 atom stereocenters. The van der Waals surface area contributed by atoms with E-state index in [1.807, 2.05) is 48.5 Å². The quantitative estimate of drug-likeness (QED) is 0.0715. The zero-order valence-corrected chi connectivity index (χ0v) is 27.6. The Morgan fingerprint density at radius 3 is 2.07 bits per heavy atom. The minimum atomic E-state index is -1.17. The van der Waals surface area contributed by atoms with Gasteiger partial charge in [-0.1, -0.05) is 55.5 Å². The molecule has 0 spiro atoms. The van der Waals surface area contributed by atoms with E-state index in [9.17, 15) is 4.79 Å². The Balaban J connectivity index is 1.43. The lowest BCUT2D eigenvalue weighted by molar-refractivity contribution is 0.0671. The predicted molar refractivity (Wildman–Crippen MR) is 171 cm³/mol. The SMILES string of the molecule is COc1ccc(COc2ccc(C(=O)CCc3nnn(COCC[Si](C)(C)C)n3)c(Cl)c2OCc2ccc(OC)cc2)cc1. The maximum Gasteiger partial charge on any atom is 0.180 e. The topological polar surface area (TPSA) is 107 Å². The van der Waals surface area contributed by atoms with E-state index in [1.54, 1.807) is 26.4 Å². The predicted octanol–water partition coefficient (Wildman–Crippen LogP) is 6.63. The molecule has 10 nitrogen and oxygen atoms in total. The van der Waals surface area contributed by atoms with Crippen molar-refractivity contribution in [2.75, 3.05) is 20.8 Å². The van der Waals surface area contributed by atoms with Gasteiger partial charge in [0.2, 0.25) is 0 Å². The maximum atomic E-state index is 13.3. The van der Waals surface area contributed by atoms with Crippen LogP contribution in [0.25, 0.3) is 0 Å². The van der Waals surface area contributed by atoms with Crippen molar-refractivity contribution in [3.8, 4) is 23.0 Å². The number of hydrogen-bond acceptors (Lipinski definition) is 9. The summed E-state index contributed by atoms with van der Waals surface area (Å²) in [7, 11) is 2.06. The van der Waals surface area contributed by atoms with E-state index in [4.69, 9.17) is 35.3 Å². The molecule has 0 unspecified atom stereocenters. The lowest BCUT2D eigenvalue weighted by Crippen LogP contribution is -2.22. The highest BCUT2D eigenvalue weighted by molar-refractivity contribution is 6.76. The van der Waals surface area contributed by atoms with Crippen LogP contribution in [0.5, 0.6) is 23.0 Å². The van der Waals surface area contributed by atoms with E-state index in [2.05, 4.69) is 35.1 Å². The van der Waals surface area contributed by atoms with Gasteiger partial charge in [0.05, 0.1) is 19.2 Å². The highest BCUT2D eigenvalue weighted by atomic mass is 35.5. The van der Waals surface area contributed by atoms with Crippen molar-refractivity contribution in [3.05, 3.63) is 88.2 Å². The van der Waals surface area contributed by atoms with Gasteiger partial charge in [0.15, 0.2) is 29.8 Å². The summed E-state index contributed by atoms with van der Waals surface area (Å²) >= 11 is 6.81. The first-order chi connectivity index (χ1) is 21.1. The highest BCUT2D eigenvalue weighted by Gasteiger charge is 2.20. The molecule has 0 aliphatic carbocycles. The summed E-state index contributed by atoms with van der Waals surface area (Å²) in [6.45, 7) is 8.26. The number of benzene rings is 3. The third-order valence-corrected chi connectivity index (χ3v) is 8.81. The van der Waals surface area contributed by atoms with Crippen LogP contribution in [0.1, 0.15) is 33.7 Å². The van der Waals surface area contributed by atoms with E-state index >= 15 is 0 Å². The van der Waals surface area contributed by atoms with Gasteiger partial charge in [-0.2, -0.15) is 0 Å². The number of methoxy groups -OCH3 is 2. The zero-order valence-electron chi connectivity index (χ0n) is 25.8. The van der Waals surface area contributed by atoms with Crippen molar-refractivity contribution < 1.29 is 28.5 Å². The van der Waals surface area contributed by atoms with E-state index in [-0.39, 0.29) is 37.2 Å². The highest BCUT2D eigenvalue weighted by Crippen LogP contribution is 2.39. The Kier molecular flexibility index (Phi) is 11.8. The molecule has 0 N–H and O–H groups in total. The summed E-state index contributed by atoms with van der Waals surface area (Å²) in [5, 5.41) is 12.6. The molecule has 12 heteroatoms. The minimum Gasteiger partial charge on any atom is -0.497 e. The number of aromatic nitrogens is 4. The molecule has 4 aromatic rings. The van der Waals surface area contributed by atoms with Crippen LogP contribution in [0, 0.1) is 0 Å². The Bertz CT molecular complexity index is 1510. The van der Waals surface area contributed by atoms with Gasteiger partial charge in [-0.3, -0.25) is 4.79 Å². The standard InChI is InChI=1S/C32H39ClN4O6Si/c1-39-25-10-6-23(7-11-25)20-42-29-16-14-27(31(33)32(29)43-21-24-8-12-26(40-2)13-9-24)28(38)15-17-30-34-36-37(35-30)22-41-18-19-44(3,4)5/h6-14,16H,15,17-22H2,1-5H3. The fourth-order valence-electron chi connectivity index (χ4n) is 4.08. The average molecular weight is 639 g/mol. The summed E-state index contributed by atoms with van der Waals surface area (Å²) in [5.41, 5.74) is 2.17. The van der Waals surface area contributed by atoms with Gasteiger partial charge >= 0.3 is 0 Å². The maximum absolute atomic E-state index is 13.3. The van der Waals surface area contributed by atoms with Crippen molar-refractivity contribution in [1.29, 1.82) is 0 Å². The first-order valence-electron chi connectivity index (χ1n) is 14.4. The number of carbonyl (C=O) groups excluding carboxylic acids is 1. The number of ketones is 1. The molecule has 0 radical (unpaired) electrons. The lowest BCUT2D eigenvalue weighted by Gasteiger charge is -2.17. The lowest BCUT2D eigenvalue weighted by atomic mass is 10.1. The van der Waals surface area contributed by atoms with Crippen molar-refractivity contribution in [3.63, 3.8) is 0 Å². The third kappa shape index (κ3) is 9.80. The van der Waals surface area contributed by atoms with Crippen LogP contribution in [0.4, 0.5) is 0 Å². The van der Waals surface area contributed by atoms with Crippen LogP contribution in [-0.2, 0) is 31.1 Å². The molecule has 1 aromatic heterocycles. The van der Waals surface area contributed by atoms with Crippen LogP contribution in [-0.4, -0.2) is 54.9 Å². The molecule has 234 valence electrons. The van der Waals surface area contributed by atoms with Gasteiger partial charge in [0.1, 0.15) is 24.7 Å². The number of Topliss-reactive ketones (excluding diaryl/α,β-unsaturated/α-hetero) is 1. The van der Waals surface area contributed by atoms with Crippen LogP contribution in [0.3, 0.4) is 0 Å². The molecule has 0 aliphatic heterocycles. The monoisotopic (exact) mass is 638 g/mol. The fraction of sp³-hybridized carbons (Fsp3) is 0.375. The Labute approximate surface area is 264 Å². The van der Waals surface area contributed by atoms with E-state index in [0.717, 1.165) is 28.7 Å². The number of tetrazole rings is 1. The molecule has 4 rings (SSSR count). The number of rotatable bonds is 17. The minimum absolute atomic E-state index is 0.145. The largest absolute Gasteiger partial charge is 0.497 e. The van der Waals surface area contributed by atoms with Crippen LogP contribution < -0.4 is 18.9 Å². The van der Waals surface area contributed by atoms with Crippen molar-refractivity contribution in [2.45, 2.75) is 58.5 Å². The number of aryl methyl sites for hydroxylation is 1. The van der Waals surface area contributed by atoms with Gasteiger partial charge in [-0.25, -0.2) is 0 Å². The van der Waals surface area contributed by atoms with Gasteiger partial charge in [-0.05, 0) is 58.8 Å². The average Bonchev–Trinajstić information content (AvgIpc) is 3.48. The molecule has 0 fully saturated rings.